The molecule has 5 heteroatoms. The van der Waals surface area contributed by atoms with E-state index < -0.39 is 18.0 Å². The van der Waals surface area contributed by atoms with Gasteiger partial charge in [0.1, 0.15) is 12.6 Å². The Kier molecular flexibility index (Phi) is 4.51. The van der Waals surface area contributed by atoms with E-state index >= 15 is 0 Å². The molecular weight excluding hydrogens is 220 g/mol. The van der Waals surface area contributed by atoms with Gasteiger partial charge in [0.25, 0.3) is 0 Å². The van der Waals surface area contributed by atoms with Crippen molar-refractivity contribution in [3.63, 3.8) is 0 Å². The molecule has 0 radical (unpaired) electrons. The Morgan fingerprint density at radius 3 is 2.47 bits per heavy atom. The molecule has 0 fully saturated rings. The van der Waals surface area contributed by atoms with E-state index in [2.05, 4.69) is 0 Å². The van der Waals surface area contributed by atoms with E-state index in [1.807, 2.05) is 30.3 Å². The van der Waals surface area contributed by atoms with Crippen LogP contribution in [-0.2, 0) is 16.1 Å². The molecule has 1 aromatic rings. The van der Waals surface area contributed by atoms with E-state index in [9.17, 15) is 9.59 Å². The fraction of sp³-hybridized carbons (Fsp3) is 0.333. The molecule has 0 aliphatic carbocycles. The molecule has 2 N–H and O–H groups in total. The minimum Gasteiger partial charge on any atom is -0.445 e. The van der Waals surface area contributed by atoms with Gasteiger partial charge in [-0.2, -0.15) is 0 Å². The number of carbonyl (C=O) groups excluding carboxylic acids is 2. The molecule has 5 nitrogen and oxygen atoms in total. The standard InChI is InChI=1S/C12H16N2O3/c1-9(11(13)15)14(2)12(16)17-8-10-6-4-3-5-7-10/h3-7,9H,8H2,1-2H3,(H2,13,15)/t9-/m0/s1. The maximum Gasteiger partial charge on any atom is 0.410 e. The molecule has 0 spiro atoms. The molecule has 0 heterocycles. The first-order valence-electron chi connectivity index (χ1n) is 5.25. The van der Waals surface area contributed by atoms with Crippen molar-refractivity contribution in [3.05, 3.63) is 35.9 Å². The van der Waals surface area contributed by atoms with Gasteiger partial charge in [-0.15, -0.1) is 0 Å². The predicted molar refractivity (Wildman–Crippen MR) is 63.0 cm³/mol. The zero-order chi connectivity index (χ0) is 12.8. The maximum atomic E-state index is 11.6. The Balaban J connectivity index is 2.47. The topological polar surface area (TPSA) is 72.6 Å². The molecule has 0 saturated heterocycles. The number of likely N-dealkylation sites (N-methyl/N-ethyl adjacent to an activating group) is 1. The zero-order valence-corrected chi connectivity index (χ0v) is 9.92. The highest BCUT2D eigenvalue weighted by Gasteiger charge is 2.21. The molecule has 1 atom stereocenters. The Morgan fingerprint density at radius 1 is 1.35 bits per heavy atom. The summed E-state index contributed by atoms with van der Waals surface area (Å²) in [5.41, 5.74) is 5.98. The highest BCUT2D eigenvalue weighted by molar-refractivity contribution is 5.83. The van der Waals surface area contributed by atoms with Gasteiger partial charge in [-0.1, -0.05) is 30.3 Å². The Hall–Kier alpha value is -2.04. The van der Waals surface area contributed by atoms with Crippen molar-refractivity contribution in [1.29, 1.82) is 0 Å². The molecule has 0 aromatic heterocycles. The molecule has 2 amide bonds. The molecule has 1 rings (SSSR count). The first-order chi connectivity index (χ1) is 8.02. The van der Waals surface area contributed by atoms with Gasteiger partial charge in [-0.25, -0.2) is 4.79 Å². The Bertz CT molecular complexity index is 392. The van der Waals surface area contributed by atoms with Gasteiger partial charge in [0.05, 0.1) is 0 Å². The van der Waals surface area contributed by atoms with Crippen molar-refractivity contribution < 1.29 is 14.3 Å². The SMILES string of the molecule is C[C@@H](C(N)=O)N(C)C(=O)OCc1ccccc1. The van der Waals surface area contributed by atoms with Crippen molar-refractivity contribution in [3.8, 4) is 0 Å². The summed E-state index contributed by atoms with van der Waals surface area (Å²) in [5, 5.41) is 0. The summed E-state index contributed by atoms with van der Waals surface area (Å²) >= 11 is 0. The van der Waals surface area contributed by atoms with E-state index in [1.54, 1.807) is 6.92 Å². The summed E-state index contributed by atoms with van der Waals surface area (Å²) in [6, 6.07) is 8.62. The van der Waals surface area contributed by atoms with Crippen LogP contribution in [0.3, 0.4) is 0 Å². The fourth-order valence-corrected chi connectivity index (χ4v) is 1.17. The Morgan fingerprint density at radius 2 is 1.94 bits per heavy atom. The van der Waals surface area contributed by atoms with Crippen LogP contribution in [0.1, 0.15) is 12.5 Å². The average Bonchev–Trinajstić information content (AvgIpc) is 2.35. The van der Waals surface area contributed by atoms with Crippen molar-refractivity contribution in [2.45, 2.75) is 19.6 Å². The van der Waals surface area contributed by atoms with Crippen LogP contribution < -0.4 is 5.73 Å². The number of rotatable bonds is 4. The molecular formula is C12H16N2O3. The monoisotopic (exact) mass is 236 g/mol. The second-order valence-corrected chi connectivity index (χ2v) is 3.73. The van der Waals surface area contributed by atoms with Gasteiger partial charge in [-0.3, -0.25) is 9.69 Å². The molecule has 0 bridgehead atoms. The quantitative estimate of drug-likeness (QED) is 0.851. The normalized spacial score (nSPS) is 11.6. The summed E-state index contributed by atoms with van der Waals surface area (Å²) in [5.74, 6) is -0.566. The van der Waals surface area contributed by atoms with Gasteiger partial charge in [0.15, 0.2) is 0 Å². The lowest BCUT2D eigenvalue weighted by Crippen LogP contribution is -2.43. The van der Waals surface area contributed by atoms with Crippen LogP contribution in [0.2, 0.25) is 0 Å². The van der Waals surface area contributed by atoms with Gasteiger partial charge in [0, 0.05) is 7.05 Å². The molecule has 0 saturated carbocycles. The summed E-state index contributed by atoms with van der Waals surface area (Å²) in [6.45, 7) is 1.72. The average molecular weight is 236 g/mol. The van der Waals surface area contributed by atoms with Crippen LogP contribution in [0.4, 0.5) is 4.79 Å². The number of carbonyl (C=O) groups is 2. The highest BCUT2D eigenvalue weighted by atomic mass is 16.6. The lowest BCUT2D eigenvalue weighted by molar-refractivity contribution is -0.121. The third-order valence-electron chi connectivity index (χ3n) is 2.49. The minimum atomic E-state index is -0.682. The van der Waals surface area contributed by atoms with Crippen molar-refractivity contribution in [2.24, 2.45) is 5.73 Å². The second-order valence-electron chi connectivity index (χ2n) is 3.73. The van der Waals surface area contributed by atoms with E-state index in [4.69, 9.17) is 10.5 Å². The van der Waals surface area contributed by atoms with Gasteiger partial charge < -0.3 is 10.5 Å². The minimum absolute atomic E-state index is 0.176. The number of benzene rings is 1. The number of hydrogen-bond acceptors (Lipinski definition) is 3. The largest absolute Gasteiger partial charge is 0.445 e. The Labute approximate surface area is 100 Å². The molecule has 1 aromatic carbocycles. The molecule has 0 aliphatic heterocycles. The van der Waals surface area contributed by atoms with Gasteiger partial charge >= 0.3 is 6.09 Å². The number of primary amides is 1. The lowest BCUT2D eigenvalue weighted by atomic mass is 10.2. The van der Waals surface area contributed by atoms with Crippen molar-refractivity contribution >= 4 is 12.0 Å². The van der Waals surface area contributed by atoms with E-state index in [0.29, 0.717) is 0 Å². The van der Waals surface area contributed by atoms with Crippen molar-refractivity contribution in [2.75, 3.05) is 7.05 Å². The van der Waals surface area contributed by atoms with Crippen LogP contribution in [0.15, 0.2) is 30.3 Å². The number of nitrogens with zero attached hydrogens (tertiary/aromatic N) is 1. The summed E-state index contributed by atoms with van der Waals surface area (Å²) in [4.78, 5) is 23.6. The third kappa shape index (κ3) is 3.79. The first-order valence-corrected chi connectivity index (χ1v) is 5.25. The lowest BCUT2D eigenvalue weighted by Gasteiger charge is -2.21. The maximum absolute atomic E-state index is 11.6. The molecule has 92 valence electrons. The van der Waals surface area contributed by atoms with Crippen molar-refractivity contribution in [1.82, 2.24) is 4.90 Å². The van der Waals surface area contributed by atoms with E-state index in [0.717, 1.165) is 5.56 Å². The van der Waals surface area contributed by atoms with Crippen LogP contribution >= 0.6 is 0 Å². The summed E-state index contributed by atoms with van der Waals surface area (Å²) < 4.78 is 5.04. The smallest absolute Gasteiger partial charge is 0.410 e. The predicted octanol–water partition coefficient (Wildman–Crippen LogP) is 1.13. The number of nitrogens with two attached hydrogens (primary N) is 1. The van der Waals surface area contributed by atoms with Gasteiger partial charge in [0.2, 0.25) is 5.91 Å². The first kappa shape index (κ1) is 13.0. The van der Waals surface area contributed by atoms with E-state index in [-0.39, 0.29) is 6.61 Å². The van der Waals surface area contributed by atoms with Crippen LogP contribution in [0.5, 0.6) is 0 Å². The third-order valence-corrected chi connectivity index (χ3v) is 2.49. The van der Waals surface area contributed by atoms with E-state index in [1.165, 1.54) is 11.9 Å². The van der Waals surface area contributed by atoms with Crippen LogP contribution in [-0.4, -0.2) is 30.0 Å². The second kappa shape index (κ2) is 5.89. The number of amides is 2. The number of ether oxygens (including phenoxy) is 1. The van der Waals surface area contributed by atoms with Gasteiger partial charge in [-0.05, 0) is 12.5 Å². The zero-order valence-electron chi connectivity index (χ0n) is 9.92. The van der Waals surface area contributed by atoms with Crippen LogP contribution in [0, 0.1) is 0 Å². The highest BCUT2D eigenvalue weighted by Crippen LogP contribution is 2.04. The number of hydrogen-bond donors (Lipinski definition) is 1. The summed E-state index contributed by atoms with van der Waals surface area (Å²) in [7, 11) is 1.47. The fourth-order valence-electron chi connectivity index (χ4n) is 1.17. The molecule has 0 unspecified atom stereocenters. The summed E-state index contributed by atoms with van der Waals surface area (Å²) in [6.07, 6.45) is -0.569. The molecule has 17 heavy (non-hydrogen) atoms. The van der Waals surface area contributed by atoms with Crippen LogP contribution in [0.25, 0.3) is 0 Å². The molecule has 0 aliphatic rings.